The molecule has 0 saturated carbocycles. The van der Waals surface area contributed by atoms with Gasteiger partial charge < -0.3 is 24.8 Å². The Labute approximate surface area is 195 Å². The Morgan fingerprint density at radius 2 is 1.94 bits per heavy atom. The van der Waals surface area contributed by atoms with Crippen molar-refractivity contribution in [3.05, 3.63) is 60.2 Å². The minimum absolute atomic E-state index is 0.138. The van der Waals surface area contributed by atoms with Gasteiger partial charge >= 0.3 is 5.97 Å². The summed E-state index contributed by atoms with van der Waals surface area (Å²) in [6.07, 6.45) is -0.414. The zero-order valence-electron chi connectivity index (χ0n) is 17.7. The van der Waals surface area contributed by atoms with Crippen LogP contribution in [-0.4, -0.2) is 69.9 Å². The number of carbonyl (C=O) groups excluding carboxylic acids is 1. The molecule has 2 aliphatic rings. The Morgan fingerprint density at radius 1 is 1.12 bits per heavy atom. The molecule has 10 nitrogen and oxygen atoms in total. The van der Waals surface area contributed by atoms with Crippen LogP contribution in [0.15, 0.2) is 54.6 Å². The monoisotopic (exact) mass is 466 g/mol. The number of rotatable bonds is 5. The molecular formula is C22H22N6O4S. The number of fused-ring (bicyclic) bond motifs is 1. The van der Waals surface area contributed by atoms with Crippen molar-refractivity contribution in [1.29, 1.82) is 0 Å². The number of methoxy groups -OCH3 is 1. The lowest BCUT2D eigenvalue weighted by Crippen LogP contribution is -2.45. The van der Waals surface area contributed by atoms with Crippen molar-refractivity contribution in [3.63, 3.8) is 0 Å². The van der Waals surface area contributed by atoms with Crippen molar-refractivity contribution >= 4 is 29.0 Å². The fraction of sp³-hybridized carbons (Fsp3) is 0.318. The second-order valence-electron chi connectivity index (χ2n) is 7.75. The van der Waals surface area contributed by atoms with Crippen LogP contribution in [0.5, 0.6) is 0 Å². The Bertz CT molecular complexity index is 1160. The molecular weight excluding hydrogens is 444 g/mol. The number of carbonyl (C=O) groups is 1. The number of anilines is 1. The van der Waals surface area contributed by atoms with Crippen molar-refractivity contribution in [3.8, 4) is 11.4 Å². The smallest absolute Gasteiger partial charge is 0.337 e. The van der Waals surface area contributed by atoms with Crippen LogP contribution in [0.25, 0.3) is 11.4 Å². The SMILES string of the molecule is COC(=O)c1cccc(NC(=S)N[C@H]2CO[C@H]3[C@@H]2OC[C@@H]3n2nnnc2-c2ccccc2)c1. The summed E-state index contributed by atoms with van der Waals surface area (Å²) in [5, 5.41) is 19.0. The lowest BCUT2D eigenvalue weighted by Gasteiger charge is -2.20. The van der Waals surface area contributed by atoms with E-state index in [0.29, 0.717) is 35.4 Å². The van der Waals surface area contributed by atoms with E-state index >= 15 is 0 Å². The second-order valence-corrected chi connectivity index (χ2v) is 8.16. The normalized spacial score (nSPS) is 23.7. The van der Waals surface area contributed by atoms with Gasteiger partial charge in [0.1, 0.15) is 18.2 Å². The summed E-state index contributed by atoms with van der Waals surface area (Å²) in [7, 11) is 1.35. The highest BCUT2D eigenvalue weighted by molar-refractivity contribution is 7.80. The van der Waals surface area contributed by atoms with E-state index in [4.69, 9.17) is 26.4 Å². The van der Waals surface area contributed by atoms with E-state index in [2.05, 4.69) is 26.2 Å². The van der Waals surface area contributed by atoms with Gasteiger partial charge in [-0.2, -0.15) is 0 Å². The molecule has 2 fully saturated rings. The number of nitrogens with zero attached hydrogens (tertiary/aromatic N) is 4. The maximum atomic E-state index is 11.8. The van der Waals surface area contributed by atoms with Gasteiger partial charge in [-0.3, -0.25) is 0 Å². The first-order valence-electron chi connectivity index (χ1n) is 10.5. The van der Waals surface area contributed by atoms with Gasteiger partial charge in [-0.05, 0) is 40.8 Å². The van der Waals surface area contributed by atoms with Gasteiger partial charge in [-0.15, -0.1) is 5.10 Å². The van der Waals surface area contributed by atoms with Crippen LogP contribution < -0.4 is 10.6 Å². The van der Waals surface area contributed by atoms with Gasteiger partial charge in [-0.1, -0.05) is 36.4 Å². The van der Waals surface area contributed by atoms with E-state index in [1.54, 1.807) is 22.9 Å². The largest absolute Gasteiger partial charge is 0.465 e. The number of tetrazole rings is 1. The zero-order valence-corrected chi connectivity index (χ0v) is 18.6. The molecule has 2 saturated heterocycles. The second kappa shape index (κ2) is 9.22. The Balaban J connectivity index is 1.24. The fourth-order valence-corrected chi connectivity index (χ4v) is 4.45. The van der Waals surface area contributed by atoms with E-state index in [0.717, 1.165) is 5.56 Å². The summed E-state index contributed by atoms with van der Waals surface area (Å²) in [6.45, 7) is 0.860. The lowest BCUT2D eigenvalue weighted by molar-refractivity contribution is 0.0600. The fourth-order valence-electron chi connectivity index (χ4n) is 4.18. The number of ether oxygens (including phenoxy) is 3. The van der Waals surface area contributed by atoms with Crippen molar-refractivity contribution < 1.29 is 19.0 Å². The van der Waals surface area contributed by atoms with Crippen LogP contribution in [0.4, 0.5) is 5.69 Å². The molecule has 11 heteroatoms. The van der Waals surface area contributed by atoms with Gasteiger partial charge in [0.2, 0.25) is 0 Å². The number of hydrogen-bond donors (Lipinski definition) is 2. The summed E-state index contributed by atoms with van der Waals surface area (Å²) < 4.78 is 18.7. The van der Waals surface area contributed by atoms with Crippen LogP contribution in [0, 0.1) is 0 Å². The molecule has 5 rings (SSSR count). The predicted molar refractivity (Wildman–Crippen MR) is 123 cm³/mol. The molecule has 33 heavy (non-hydrogen) atoms. The highest BCUT2D eigenvalue weighted by Crippen LogP contribution is 2.35. The number of esters is 1. The topological polar surface area (TPSA) is 112 Å². The molecule has 4 atom stereocenters. The van der Waals surface area contributed by atoms with Crippen LogP contribution in [0.3, 0.4) is 0 Å². The molecule has 0 aliphatic carbocycles. The van der Waals surface area contributed by atoms with Gasteiger partial charge in [0.05, 0.1) is 31.9 Å². The first-order chi connectivity index (χ1) is 16.1. The van der Waals surface area contributed by atoms with Crippen LogP contribution in [0.2, 0.25) is 0 Å². The van der Waals surface area contributed by atoms with Gasteiger partial charge in [0.25, 0.3) is 0 Å². The minimum atomic E-state index is -0.410. The maximum Gasteiger partial charge on any atom is 0.337 e. The molecule has 3 aromatic rings. The van der Waals surface area contributed by atoms with E-state index in [1.165, 1.54) is 7.11 Å². The first-order valence-corrected chi connectivity index (χ1v) is 10.9. The number of hydrogen-bond acceptors (Lipinski definition) is 8. The number of thiocarbonyl (C=S) groups is 1. The third kappa shape index (κ3) is 4.30. The van der Waals surface area contributed by atoms with Crippen LogP contribution >= 0.6 is 12.2 Å². The molecule has 0 bridgehead atoms. The molecule has 2 N–H and O–H groups in total. The van der Waals surface area contributed by atoms with Crippen LogP contribution in [-0.2, 0) is 14.2 Å². The standard InChI is InChI=1S/C22H22N6O4S/c1-30-21(29)14-8-5-9-15(10-14)23-22(33)24-16-11-31-19-17(12-32-18(16)19)28-20(25-26-27-28)13-6-3-2-4-7-13/h2-10,16-19H,11-12H2,1H3,(H2,23,24,33)/t16-,17-,18+,19+/m0/s1. The minimum Gasteiger partial charge on any atom is -0.465 e. The molecule has 3 heterocycles. The van der Waals surface area contributed by atoms with E-state index < -0.39 is 5.97 Å². The summed E-state index contributed by atoms with van der Waals surface area (Å²) in [4.78, 5) is 11.8. The third-order valence-electron chi connectivity index (χ3n) is 5.72. The molecule has 0 radical (unpaired) electrons. The average molecular weight is 467 g/mol. The Morgan fingerprint density at radius 3 is 2.76 bits per heavy atom. The molecule has 0 unspecified atom stereocenters. The Hall–Kier alpha value is -3.41. The maximum absolute atomic E-state index is 11.8. The highest BCUT2D eigenvalue weighted by atomic mass is 32.1. The van der Waals surface area contributed by atoms with E-state index in [1.807, 2.05) is 36.4 Å². The number of nitrogens with one attached hydrogen (secondary N) is 2. The van der Waals surface area contributed by atoms with Crippen molar-refractivity contribution in [2.45, 2.75) is 24.3 Å². The summed E-state index contributed by atoms with van der Waals surface area (Å²) >= 11 is 5.48. The van der Waals surface area contributed by atoms with Crippen LogP contribution in [0.1, 0.15) is 16.4 Å². The predicted octanol–water partition coefficient (Wildman–Crippen LogP) is 1.82. The van der Waals surface area contributed by atoms with Crippen molar-refractivity contribution in [2.75, 3.05) is 25.6 Å². The highest BCUT2D eigenvalue weighted by Gasteiger charge is 2.49. The van der Waals surface area contributed by atoms with Gasteiger partial charge in [0, 0.05) is 11.3 Å². The summed E-state index contributed by atoms with van der Waals surface area (Å²) in [5.41, 5.74) is 2.04. The molecule has 1 aromatic heterocycles. The van der Waals surface area contributed by atoms with E-state index in [-0.39, 0.29) is 24.3 Å². The van der Waals surface area contributed by atoms with Gasteiger partial charge in [-0.25, -0.2) is 9.48 Å². The summed E-state index contributed by atoms with van der Waals surface area (Å²) in [6, 6.07) is 16.4. The number of aromatic nitrogens is 4. The molecule has 2 aliphatic heterocycles. The Kier molecular flexibility index (Phi) is 5.99. The lowest BCUT2D eigenvalue weighted by atomic mass is 10.1. The van der Waals surface area contributed by atoms with E-state index in [9.17, 15) is 4.79 Å². The zero-order chi connectivity index (χ0) is 22.8. The summed E-state index contributed by atoms with van der Waals surface area (Å²) in [5.74, 6) is 0.264. The van der Waals surface area contributed by atoms with Crippen molar-refractivity contribution in [1.82, 2.24) is 25.5 Å². The molecule has 2 aromatic carbocycles. The third-order valence-corrected chi connectivity index (χ3v) is 5.94. The molecule has 0 spiro atoms. The molecule has 170 valence electrons. The van der Waals surface area contributed by atoms with Crippen molar-refractivity contribution in [2.24, 2.45) is 0 Å². The first kappa shape index (κ1) is 21.4. The van der Waals surface area contributed by atoms with Gasteiger partial charge in [0.15, 0.2) is 10.9 Å². The average Bonchev–Trinajstić information content (AvgIpc) is 3.57. The number of benzene rings is 2. The molecule has 0 amide bonds. The quantitative estimate of drug-likeness (QED) is 0.426.